The van der Waals surface area contributed by atoms with Gasteiger partial charge in [-0.1, -0.05) is 30.0 Å². The molecule has 29 heavy (non-hydrogen) atoms. The Morgan fingerprint density at radius 2 is 2.00 bits per heavy atom. The molecule has 0 unspecified atom stereocenters. The van der Waals surface area contributed by atoms with Gasteiger partial charge in [0.1, 0.15) is 0 Å². The van der Waals surface area contributed by atoms with Crippen LogP contribution in [0.25, 0.3) is 17.2 Å². The first kappa shape index (κ1) is 21.6. The number of hydrogen-bond acceptors (Lipinski definition) is 6. The third kappa shape index (κ3) is 5.47. The smallest absolute Gasteiger partial charge is 0.303 e. The lowest BCUT2D eigenvalue weighted by molar-refractivity contribution is -0.137. The van der Waals surface area contributed by atoms with Gasteiger partial charge in [0.15, 0.2) is 16.0 Å². The summed E-state index contributed by atoms with van der Waals surface area (Å²) < 4.78 is 26.9. The second-order valence-corrected chi connectivity index (χ2v) is 8.76. The number of carboxylic acid groups (broad SMARTS) is 1. The Morgan fingerprint density at radius 1 is 1.21 bits per heavy atom. The van der Waals surface area contributed by atoms with Crippen molar-refractivity contribution in [1.82, 2.24) is 10.4 Å². The van der Waals surface area contributed by atoms with Crippen LogP contribution in [0.3, 0.4) is 0 Å². The minimum absolute atomic E-state index is 0.0820. The molecule has 0 radical (unpaired) electrons. The van der Waals surface area contributed by atoms with E-state index in [0.717, 1.165) is 34.3 Å². The number of hydrogen-bond donors (Lipinski definition) is 2. The predicted octanol–water partition coefficient (Wildman–Crippen LogP) is 4.65. The molecule has 1 fully saturated rings. The summed E-state index contributed by atoms with van der Waals surface area (Å²) in [6.07, 6.45) is 2.90. The second-order valence-electron chi connectivity index (χ2n) is 6.14. The molecule has 3 rings (SSSR count). The zero-order chi connectivity index (χ0) is 21.0. The van der Waals surface area contributed by atoms with Crippen molar-refractivity contribution in [1.29, 1.82) is 0 Å². The SMILES string of the molecule is O=C(O)CCCCNN1C(=O)C(=Cc2cc(-c3ccc(F)c(F)c3)cs2)SC1=S. The minimum Gasteiger partial charge on any atom is -0.481 e. The van der Waals surface area contributed by atoms with Crippen LogP contribution < -0.4 is 5.43 Å². The van der Waals surface area contributed by atoms with Crippen LogP contribution in [0, 0.1) is 11.6 Å². The van der Waals surface area contributed by atoms with Crippen LogP contribution in [0.15, 0.2) is 34.6 Å². The van der Waals surface area contributed by atoms with Crippen molar-refractivity contribution in [2.75, 3.05) is 6.54 Å². The highest BCUT2D eigenvalue weighted by molar-refractivity contribution is 8.26. The maximum Gasteiger partial charge on any atom is 0.303 e. The molecule has 2 N–H and O–H groups in total. The topological polar surface area (TPSA) is 69.6 Å². The number of carbonyl (C=O) groups is 2. The molecule has 0 saturated carbocycles. The second kappa shape index (κ2) is 9.57. The van der Waals surface area contributed by atoms with Crippen molar-refractivity contribution in [2.24, 2.45) is 0 Å². The molecule has 10 heteroatoms. The van der Waals surface area contributed by atoms with Crippen molar-refractivity contribution in [3.63, 3.8) is 0 Å². The van der Waals surface area contributed by atoms with Crippen molar-refractivity contribution in [3.8, 4) is 11.1 Å². The van der Waals surface area contributed by atoms with Gasteiger partial charge >= 0.3 is 5.97 Å². The Morgan fingerprint density at radius 3 is 2.72 bits per heavy atom. The number of hydrazine groups is 1. The Bertz CT molecular complexity index is 991. The predicted molar refractivity (Wildman–Crippen MR) is 114 cm³/mol. The Balaban J connectivity index is 1.64. The van der Waals surface area contributed by atoms with E-state index >= 15 is 0 Å². The summed E-state index contributed by atoms with van der Waals surface area (Å²) in [6, 6.07) is 5.51. The zero-order valence-electron chi connectivity index (χ0n) is 15.0. The lowest BCUT2D eigenvalue weighted by atomic mass is 10.1. The number of thioether (sulfide) groups is 1. The van der Waals surface area contributed by atoms with E-state index in [1.807, 2.05) is 0 Å². The fraction of sp³-hybridized carbons (Fsp3) is 0.211. The maximum atomic E-state index is 13.4. The molecular weight excluding hydrogens is 438 g/mol. The number of halogens is 2. The van der Waals surface area contributed by atoms with Crippen molar-refractivity contribution >= 4 is 57.6 Å². The normalized spacial score (nSPS) is 15.5. The van der Waals surface area contributed by atoms with Crippen LogP contribution >= 0.6 is 35.3 Å². The fourth-order valence-electron chi connectivity index (χ4n) is 2.58. The highest BCUT2D eigenvalue weighted by atomic mass is 32.2. The third-order valence-corrected chi connectivity index (χ3v) is 6.21. The summed E-state index contributed by atoms with van der Waals surface area (Å²) in [5.41, 5.74) is 4.21. The molecule has 0 bridgehead atoms. The van der Waals surface area contributed by atoms with Gasteiger partial charge in [-0.2, -0.15) is 0 Å². The molecule has 1 aliphatic heterocycles. The number of unbranched alkanes of at least 4 members (excludes halogenated alkanes) is 1. The van der Waals surface area contributed by atoms with E-state index in [1.165, 1.54) is 22.4 Å². The lowest BCUT2D eigenvalue weighted by Gasteiger charge is -2.15. The van der Waals surface area contributed by atoms with Crippen LogP contribution in [0.2, 0.25) is 0 Å². The number of aliphatic carboxylic acids is 1. The number of amides is 1. The average molecular weight is 455 g/mol. The Hall–Kier alpha value is -2.14. The van der Waals surface area contributed by atoms with Crippen molar-refractivity contribution in [2.45, 2.75) is 19.3 Å². The van der Waals surface area contributed by atoms with Gasteiger partial charge in [-0.15, -0.1) is 11.3 Å². The van der Waals surface area contributed by atoms with Gasteiger partial charge in [0.05, 0.1) is 4.91 Å². The molecule has 1 aromatic heterocycles. The zero-order valence-corrected chi connectivity index (χ0v) is 17.4. The minimum atomic E-state index is -0.912. The van der Waals surface area contributed by atoms with Crippen LogP contribution in [0.4, 0.5) is 8.78 Å². The molecule has 1 aliphatic rings. The van der Waals surface area contributed by atoms with Crippen LogP contribution in [-0.4, -0.2) is 32.9 Å². The summed E-state index contributed by atoms with van der Waals surface area (Å²) in [4.78, 5) is 24.3. The Labute approximate surface area is 179 Å². The van der Waals surface area contributed by atoms with Gasteiger partial charge in [-0.05, 0) is 53.6 Å². The van der Waals surface area contributed by atoms with E-state index < -0.39 is 17.6 Å². The standard InChI is InChI=1S/C19H16F2N2O3S3/c20-14-5-4-11(8-15(14)21)12-7-13(28-10-12)9-16-18(26)23(19(27)29-16)22-6-2-1-3-17(24)25/h4-5,7-10,22H,1-3,6H2,(H,24,25). The number of nitrogens with zero attached hydrogens (tertiary/aromatic N) is 1. The van der Waals surface area contributed by atoms with Gasteiger partial charge in [0, 0.05) is 17.8 Å². The number of thiophene rings is 1. The molecule has 0 atom stereocenters. The molecule has 0 spiro atoms. The molecule has 1 saturated heterocycles. The molecule has 1 amide bonds. The molecule has 5 nitrogen and oxygen atoms in total. The van der Waals surface area contributed by atoms with E-state index in [0.29, 0.717) is 34.2 Å². The first-order chi connectivity index (χ1) is 13.8. The monoisotopic (exact) mass is 454 g/mol. The van der Waals surface area contributed by atoms with Gasteiger partial charge < -0.3 is 5.11 Å². The van der Waals surface area contributed by atoms with Gasteiger partial charge in [-0.25, -0.2) is 19.2 Å². The highest BCUT2D eigenvalue weighted by Gasteiger charge is 2.32. The first-order valence-electron chi connectivity index (χ1n) is 8.62. The van der Waals surface area contributed by atoms with Gasteiger partial charge in [0.2, 0.25) is 0 Å². The van der Waals surface area contributed by atoms with E-state index in [1.54, 1.807) is 17.5 Å². The van der Waals surface area contributed by atoms with E-state index in [2.05, 4.69) is 5.43 Å². The fourth-order valence-corrected chi connectivity index (χ4v) is 4.71. The highest BCUT2D eigenvalue weighted by Crippen LogP contribution is 2.34. The number of benzene rings is 1. The van der Waals surface area contributed by atoms with Crippen LogP contribution in [0.1, 0.15) is 24.1 Å². The largest absolute Gasteiger partial charge is 0.481 e. The summed E-state index contributed by atoms with van der Waals surface area (Å²) in [5.74, 6) is -2.94. The number of thiocarbonyl (C=S) groups is 1. The number of carboxylic acids is 1. The van der Waals surface area contributed by atoms with Crippen molar-refractivity contribution in [3.05, 3.63) is 51.1 Å². The van der Waals surface area contributed by atoms with E-state index in [9.17, 15) is 18.4 Å². The first-order valence-corrected chi connectivity index (χ1v) is 10.7. The average Bonchev–Trinajstić information content (AvgIpc) is 3.23. The molecule has 2 aromatic rings. The number of rotatable bonds is 8. The van der Waals surface area contributed by atoms with Gasteiger partial charge in [-0.3, -0.25) is 9.59 Å². The Kier molecular flexibility index (Phi) is 7.12. The molecule has 152 valence electrons. The number of carbonyl (C=O) groups excluding carboxylic acids is 1. The summed E-state index contributed by atoms with van der Waals surface area (Å²) in [7, 11) is 0. The van der Waals surface area contributed by atoms with Crippen molar-refractivity contribution < 1.29 is 23.5 Å². The summed E-state index contributed by atoms with van der Waals surface area (Å²) in [6.45, 7) is 0.437. The summed E-state index contributed by atoms with van der Waals surface area (Å²) in [5, 5.41) is 11.7. The molecular formula is C19H16F2N2O3S3. The molecule has 0 aliphatic carbocycles. The maximum absolute atomic E-state index is 13.4. The summed E-state index contributed by atoms with van der Waals surface area (Å²) >= 11 is 7.78. The lowest BCUT2D eigenvalue weighted by Crippen LogP contribution is -2.41. The van der Waals surface area contributed by atoms with E-state index in [4.69, 9.17) is 17.3 Å². The molecule has 2 heterocycles. The number of nitrogens with one attached hydrogen (secondary N) is 1. The van der Waals surface area contributed by atoms with Crippen LogP contribution in [0.5, 0.6) is 0 Å². The van der Waals surface area contributed by atoms with Crippen LogP contribution in [-0.2, 0) is 9.59 Å². The van der Waals surface area contributed by atoms with E-state index in [-0.39, 0.29) is 12.3 Å². The molecule has 1 aromatic carbocycles. The quantitative estimate of drug-likeness (QED) is 0.344. The third-order valence-electron chi connectivity index (χ3n) is 4.03. The van der Waals surface area contributed by atoms with Gasteiger partial charge in [0.25, 0.3) is 5.91 Å².